The number of ether oxygens (including phenoxy) is 5. The van der Waals surface area contributed by atoms with Crippen molar-refractivity contribution in [2.24, 2.45) is 16.2 Å². The van der Waals surface area contributed by atoms with E-state index in [0.717, 1.165) is 0 Å². The van der Waals surface area contributed by atoms with Crippen molar-refractivity contribution < 1.29 is 38.1 Å². The molecule has 1 saturated heterocycles. The van der Waals surface area contributed by atoms with E-state index in [0.29, 0.717) is 0 Å². The molecule has 0 radical (unpaired) electrons. The van der Waals surface area contributed by atoms with E-state index in [9.17, 15) is 14.4 Å². The van der Waals surface area contributed by atoms with E-state index in [2.05, 4.69) is 0 Å². The lowest BCUT2D eigenvalue weighted by Gasteiger charge is -2.42. The van der Waals surface area contributed by atoms with Gasteiger partial charge in [-0.15, -0.1) is 0 Å². The molecule has 4 atom stereocenters. The number of carbonyl (C=O) groups excluding carboxylic acids is 3. The summed E-state index contributed by atoms with van der Waals surface area (Å²) in [5, 5.41) is 0. The van der Waals surface area contributed by atoms with Crippen LogP contribution in [0.4, 0.5) is 0 Å². The minimum atomic E-state index is -1.09. The minimum Gasteiger partial charge on any atom is -0.455 e. The van der Waals surface area contributed by atoms with Crippen molar-refractivity contribution in [3.05, 3.63) is 0 Å². The molecule has 1 fully saturated rings. The van der Waals surface area contributed by atoms with Crippen LogP contribution in [0.3, 0.4) is 0 Å². The molecule has 0 N–H and O–H groups in total. The van der Waals surface area contributed by atoms with Crippen LogP contribution in [-0.4, -0.2) is 56.2 Å². The molecular formula is C21H36O8. The molecule has 0 amide bonds. The first-order valence-corrected chi connectivity index (χ1v) is 9.76. The van der Waals surface area contributed by atoms with Gasteiger partial charge in [-0.25, -0.2) is 0 Å². The maximum absolute atomic E-state index is 12.6. The molecule has 0 bridgehead atoms. The van der Waals surface area contributed by atoms with Crippen LogP contribution in [0.25, 0.3) is 0 Å². The minimum absolute atomic E-state index is 0.0635. The first kappa shape index (κ1) is 25.4. The smallest absolute Gasteiger partial charge is 0.311 e. The molecule has 1 rings (SSSR count). The van der Waals surface area contributed by atoms with Gasteiger partial charge in [0.2, 0.25) is 0 Å². The second kappa shape index (κ2) is 9.00. The number of methoxy groups -OCH3 is 1. The zero-order valence-corrected chi connectivity index (χ0v) is 19.3. The summed E-state index contributed by atoms with van der Waals surface area (Å²) in [6, 6.07) is 0. The third-order valence-electron chi connectivity index (χ3n) is 4.20. The Labute approximate surface area is 173 Å². The summed E-state index contributed by atoms with van der Waals surface area (Å²) in [7, 11) is 1.40. The lowest BCUT2D eigenvalue weighted by Crippen LogP contribution is -2.59. The van der Waals surface area contributed by atoms with Crippen LogP contribution in [-0.2, 0) is 38.1 Å². The lowest BCUT2D eigenvalue weighted by molar-refractivity contribution is -0.279. The first-order chi connectivity index (χ1) is 13.0. The molecule has 0 spiro atoms. The third-order valence-corrected chi connectivity index (χ3v) is 4.20. The van der Waals surface area contributed by atoms with Gasteiger partial charge in [-0.2, -0.15) is 0 Å². The van der Waals surface area contributed by atoms with Crippen molar-refractivity contribution in [3.63, 3.8) is 0 Å². The Morgan fingerprint density at radius 1 is 0.690 bits per heavy atom. The van der Waals surface area contributed by atoms with Gasteiger partial charge >= 0.3 is 17.9 Å². The van der Waals surface area contributed by atoms with E-state index in [-0.39, 0.29) is 6.61 Å². The van der Waals surface area contributed by atoms with E-state index < -0.39 is 58.8 Å². The molecule has 0 aromatic heterocycles. The molecule has 168 valence electrons. The van der Waals surface area contributed by atoms with Crippen LogP contribution in [0.2, 0.25) is 0 Å². The van der Waals surface area contributed by atoms with Gasteiger partial charge in [0.15, 0.2) is 24.6 Å². The van der Waals surface area contributed by atoms with E-state index in [4.69, 9.17) is 23.7 Å². The molecule has 8 heteroatoms. The first-order valence-electron chi connectivity index (χ1n) is 9.76. The van der Waals surface area contributed by atoms with Crippen molar-refractivity contribution in [2.75, 3.05) is 13.7 Å². The number of hydrogen-bond acceptors (Lipinski definition) is 8. The molecule has 29 heavy (non-hydrogen) atoms. The SMILES string of the molecule is CO[C@@H]1OC[C@@H](OC(=O)C(C)(C)C)[C@H](OC(=O)C(C)(C)C)[C@H]1OC(=O)C(C)(C)C. The molecular weight excluding hydrogens is 380 g/mol. The van der Waals surface area contributed by atoms with E-state index in [1.54, 1.807) is 62.3 Å². The molecule has 8 nitrogen and oxygen atoms in total. The molecule has 1 heterocycles. The predicted molar refractivity (Wildman–Crippen MR) is 105 cm³/mol. The van der Waals surface area contributed by atoms with Crippen LogP contribution in [0, 0.1) is 16.2 Å². The Hall–Kier alpha value is -1.67. The summed E-state index contributed by atoms with van der Waals surface area (Å²) in [4.78, 5) is 37.6. The Bertz CT molecular complexity index is 606. The quantitative estimate of drug-likeness (QED) is 0.510. The molecule has 0 aromatic rings. The maximum Gasteiger partial charge on any atom is 0.311 e. The van der Waals surface area contributed by atoms with Crippen LogP contribution in [0.1, 0.15) is 62.3 Å². The molecule has 0 unspecified atom stereocenters. The highest BCUT2D eigenvalue weighted by Gasteiger charge is 2.50. The molecule has 1 aliphatic heterocycles. The summed E-state index contributed by atoms with van der Waals surface area (Å²) in [6.45, 7) is 15.3. The highest BCUT2D eigenvalue weighted by atomic mass is 16.7. The highest BCUT2D eigenvalue weighted by Crippen LogP contribution is 2.30. The van der Waals surface area contributed by atoms with Gasteiger partial charge in [0.25, 0.3) is 0 Å². The standard InChI is InChI=1S/C21H36O8/c1-19(2,3)16(22)27-12-11-26-15(25-10)14(29-18(24)21(7,8)9)13(12)28-17(23)20(4,5)6/h12-15H,11H2,1-10H3/t12-,13+,14-,15-/m1/s1. The number of esters is 3. The fourth-order valence-electron chi connectivity index (χ4n) is 2.23. The van der Waals surface area contributed by atoms with Gasteiger partial charge in [0.05, 0.1) is 22.9 Å². The summed E-state index contributed by atoms with van der Waals surface area (Å²) in [5.41, 5.74) is -2.38. The maximum atomic E-state index is 12.6. The van der Waals surface area contributed by atoms with Crippen LogP contribution in [0.15, 0.2) is 0 Å². The fourth-order valence-corrected chi connectivity index (χ4v) is 2.23. The molecule has 0 saturated carbocycles. The Kier molecular flexibility index (Phi) is 7.87. The third kappa shape index (κ3) is 6.96. The van der Waals surface area contributed by atoms with Crippen LogP contribution >= 0.6 is 0 Å². The van der Waals surface area contributed by atoms with Crippen LogP contribution < -0.4 is 0 Å². The van der Waals surface area contributed by atoms with Crippen molar-refractivity contribution in [1.29, 1.82) is 0 Å². The normalized spacial score (nSPS) is 25.9. The monoisotopic (exact) mass is 416 g/mol. The molecule has 0 aromatic carbocycles. The topological polar surface area (TPSA) is 97.4 Å². The van der Waals surface area contributed by atoms with Crippen LogP contribution in [0.5, 0.6) is 0 Å². The summed E-state index contributed by atoms with van der Waals surface area (Å²) in [5.74, 6) is -1.53. The van der Waals surface area contributed by atoms with Crippen molar-refractivity contribution in [1.82, 2.24) is 0 Å². The second-order valence-corrected chi connectivity index (χ2v) is 10.4. The van der Waals surface area contributed by atoms with E-state index in [1.165, 1.54) is 7.11 Å². The second-order valence-electron chi connectivity index (χ2n) is 10.4. The highest BCUT2D eigenvalue weighted by molar-refractivity contribution is 5.77. The van der Waals surface area contributed by atoms with Gasteiger partial charge in [-0.05, 0) is 62.3 Å². The van der Waals surface area contributed by atoms with Gasteiger partial charge in [-0.3, -0.25) is 14.4 Å². The fraction of sp³-hybridized carbons (Fsp3) is 0.857. The van der Waals surface area contributed by atoms with Gasteiger partial charge < -0.3 is 23.7 Å². The zero-order chi connectivity index (χ0) is 22.8. The van der Waals surface area contributed by atoms with Crippen molar-refractivity contribution in [3.8, 4) is 0 Å². The summed E-state index contributed by atoms with van der Waals surface area (Å²) in [6.07, 6.45) is -4.08. The van der Waals surface area contributed by atoms with E-state index >= 15 is 0 Å². The lowest BCUT2D eigenvalue weighted by atomic mass is 9.95. The largest absolute Gasteiger partial charge is 0.455 e. The van der Waals surface area contributed by atoms with Crippen molar-refractivity contribution >= 4 is 17.9 Å². The zero-order valence-electron chi connectivity index (χ0n) is 19.3. The van der Waals surface area contributed by atoms with Gasteiger partial charge in [0.1, 0.15) is 0 Å². The number of rotatable bonds is 4. The summed E-state index contributed by atoms with van der Waals surface area (Å²) < 4.78 is 27.8. The van der Waals surface area contributed by atoms with E-state index in [1.807, 2.05) is 0 Å². The Morgan fingerprint density at radius 2 is 1.07 bits per heavy atom. The molecule has 0 aliphatic carbocycles. The average Bonchev–Trinajstić information content (AvgIpc) is 2.54. The van der Waals surface area contributed by atoms with Gasteiger partial charge in [-0.1, -0.05) is 0 Å². The molecule has 1 aliphatic rings. The summed E-state index contributed by atoms with van der Waals surface area (Å²) >= 11 is 0. The number of hydrogen-bond donors (Lipinski definition) is 0. The van der Waals surface area contributed by atoms with Gasteiger partial charge in [0, 0.05) is 7.11 Å². The Balaban J connectivity index is 3.25. The Morgan fingerprint density at radius 3 is 1.45 bits per heavy atom. The number of carbonyl (C=O) groups is 3. The van der Waals surface area contributed by atoms with Crippen molar-refractivity contribution in [2.45, 2.75) is 86.9 Å². The predicted octanol–water partition coefficient (Wildman–Crippen LogP) is 2.86. The average molecular weight is 417 g/mol.